The summed E-state index contributed by atoms with van der Waals surface area (Å²) in [5, 5.41) is 3.60. The molecule has 0 spiro atoms. The Morgan fingerprint density at radius 2 is 2.00 bits per heavy atom. The first-order valence-electron chi connectivity index (χ1n) is 7.92. The van der Waals surface area contributed by atoms with Gasteiger partial charge in [-0.05, 0) is 32.5 Å². The minimum Gasteiger partial charge on any atom is -0.315 e. The van der Waals surface area contributed by atoms with E-state index in [1.54, 1.807) is 0 Å². The molecule has 0 radical (unpaired) electrons. The van der Waals surface area contributed by atoms with Gasteiger partial charge >= 0.3 is 0 Å². The van der Waals surface area contributed by atoms with Crippen LogP contribution in [0.2, 0.25) is 0 Å². The summed E-state index contributed by atoms with van der Waals surface area (Å²) in [6.45, 7) is 10.2. The lowest BCUT2D eigenvalue weighted by atomic mass is 10.0. The van der Waals surface area contributed by atoms with E-state index in [0.29, 0.717) is 12.1 Å². The molecule has 1 aliphatic rings. The molecule has 1 heterocycles. The fourth-order valence-corrected chi connectivity index (χ4v) is 2.91. The first kappa shape index (κ1) is 15.5. The SMILES string of the molecule is CCCNCC(c1ccccc1)N1CCN(C)C(C)C1. The number of hydrogen-bond donors (Lipinski definition) is 1. The number of likely N-dealkylation sites (N-methyl/N-ethyl adjacent to an activating group) is 1. The lowest BCUT2D eigenvalue weighted by Crippen LogP contribution is -2.52. The maximum Gasteiger partial charge on any atom is 0.0473 e. The Labute approximate surface area is 124 Å². The average molecular weight is 275 g/mol. The third-order valence-corrected chi connectivity index (χ3v) is 4.38. The van der Waals surface area contributed by atoms with Gasteiger partial charge in [0.15, 0.2) is 0 Å². The number of piperazine rings is 1. The minimum atomic E-state index is 0.499. The minimum absolute atomic E-state index is 0.499. The molecule has 3 nitrogen and oxygen atoms in total. The monoisotopic (exact) mass is 275 g/mol. The Morgan fingerprint density at radius 3 is 2.65 bits per heavy atom. The van der Waals surface area contributed by atoms with Crippen molar-refractivity contribution in [1.82, 2.24) is 15.1 Å². The van der Waals surface area contributed by atoms with Crippen LogP contribution in [0.1, 0.15) is 31.9 Å². The highest BCUT2D eigenvalue weighted by atomic mass is 15.3. The first-order valence-corrected chi connectivity index (χ1v) is 7.92. The molecular formula is C17H29N3. The third kappa shape index (κ3) is 4.05. The van der Waals surface area contributed by atoms with Gasteiger partial charge in [0, 0.05) is 38.3 Å². The summed E-state index contributed by atoms with van der Waals surface area (Å²) in [4.78, 5) is 5.10. The normalized spacial score (nSPS) is 22.9. The molecule has 0 amide bonds. The second-order valence-electron chi connectivity index (χ2n) is 5.96. The topological polar surface area (TPSA) is 18.5 Å². The van der Waals surface area contributed by atoms with Crippen LogP contribution in [0.25, 0.3) is 0 Å². The molecule has 1 saturated heterocycles. The van der Waals surface area contributed by atoms with E-state index in [2.05, 4.69) is 66.3 Å². The highest BCUT2D eigenvalue weighted by molar-refractivity contribution is 5.19. The zero-order chi connectivity index (χ0) is 14.4. The molecule has 0 bridgehead atoms. The van der Waals surface area contributed by atoms with E-state index < -0.39 is 0 Å². The molecule has 1 fully saturated rings. The van der Waals surface area contributed by atoms with Gasteiger partial charge in [0.2, 0.25) is 0 Å². The van der Waals surface area contributed by atoms with E-state index in [-0.39, 0.29) is 0 Å². The Bertz CT molecular complexity index is 379. The van der Waals surface area contributed by atoms with Crippen molar-refractivity contribution >= 4 is 0 Å². The van der Waals surface area contributed by atoms with E-state index in [0.717, 1.165) is 32.7 Å². The van der Waals surface area contributed by atoms with E-state index in [1.807, 2.05) is 0 Å². The molecular weight excluding hydrogens is 246 g/mol. The van der Waals surface area contributed by atoms with Crippen LogP contribution < -0.4 is 5.32 Å². The number of nitrogens with one attached hydrogen (secondary N) is 1. The van der Waals surface area contributed by atoms with Gasteiger partial charge in [-0.3, -0.25) is 4.90 Å². The largest absolute Gasteiger partial charge is 0.315 e. The maximum absolute atomic E-state index is 3.60. The van der Waals surface area contributed by atoms with E-state index >= 15 is 0 Å². The summed E-state index contributed by atoms with van der Waals surface area (Å²) >= 11 is 0. The first-order chi connectivity index (χ1) is 9.72. The van der Waals surface area contributed by atoms with Crippen molar-refractivity contribution in [1.29, 1.82) is 0 Å². The molecule has 0 saturated carbocycles. The van der Waals surface area contributed by atoms with Gasteiger partial charge in [0.1, 0.15) is 0 Å². The number of hydrogen-bond acceptors (Lipinski definition) is 3. The van der Waals surface area contributed by atoms with Crippen LogP contribution in [0.4, 0.5) is 0 Å². The molecule has 1 N–H and O–H groups in total. The van der Waals surface area contributed by atoms with Crippen LogP contribution in [0, 0.1) is 0 Å². The Morgan fingerprint density at radius 1 is 1.25 bits per heavy atom. The quantitative estimate of drug-likeness (QED) is 0.804. The van der Waals surface area contributed by atoms with Crippen LogP contribution in [0.15, 0.2) is 30.3 Å². The molecule has 1 aromatic carbocycles. The number of nitrogens with zero attached hydrogens (tertiary/aromatic N) is 2. The van der Waals surface area contributed by atoms with Gasteiger partial charge in [-0.25, -0.2) is 0 Å². The molecule has 1 aliphatic heterocycles. The van der Waals surface area contributed by atoms with E-state index in [9.17, 15) is 0 Å². The summed E-state index contributed by atoms with van der Waals surface area (Å²) < 4.78 is 0. The molecule has 2 rings (SSSR count). The van der Waals surface area contributed by atoms with E-state index in [1.165, 1.54) is 12.0 Å². The smallest absolute Gasteiger partial charge is 0.0473 e. The van der Waals surface area contributed by atoms with E-state index in [4.69, 9.17) is 0 Å². The second kappa shape index (κ2) is 7.77. The highest BCUT2D eigenvalue weighted by Crippen LogP contribution is 2.23. The van der Waals surface area contributed by atoms with Crippen molar-refractivity contribution in [3.05, 3.63) is 35.9 Å². The van der Waals surface area contributed by atoms with Gasteiger partial charge in [-0.15, -0.1) is 0 Å². The standard InChI is InChI=1S/C17H29N3/c1-4-10-18-13-17(16-8-6-5-7-9-16)20-12-11-19(3)15(2)14-20/h5-9,15,17-18H,4,10-14H2,1-3H3. The Kier molecular flexibility index (Phi) is 6.02. The molecule has 0 aromatic heterocycles. The molecule has 1 aromatic rings. The lowest BCUT2D eigenvalue weighted by Gasteiger charge is -2.42. The van der Waals surface area contributed by atoms with Gasteiger partial charge in [0.05, 0.1) is 0 Å². The van der Waals surface area contributed by atoms with Crippen molar-refractivity contribution in [2.24, 2.45) is 0 Å². The van der Waals surface area contributed by atoms with Crippen LogP contribution >= 0.6 is 0 Å². The fourth-order valence-electron chi connectivity index (χ4n) is 2.91. The van der Waals surface area contributed by atoms with Crippen LogP contribution in [0.3, 0.4) is 0 Å². The van der Waals surface area contributed by atoms with Crippen molar-refractivity contribution in [3.8, 4) is 0 Å². The molecule has 2 atom stereocenters. The van der Waals surface area contributed by atoms with Gasteiger partial charge in [-0.1, -0.05) is 37.3 Å². The van der Waals surface area contributed by atoms with Gasteiger partial charge in [-0.2, -0.15) is 0 Å². The average Bonchev–Trinajstić information content (AvgIpc) is 2.48. The van der Waals surface area contributed by atoms with Crippen molar-refractivity contribution in [2.45, 2.75) is 32.4 Å². The molecule has 0 aliphatic carbocycles. The van der Waals surface area contributed by atoms with Crippen LogP contribution in [0.5, 0.6) is 0 Å². The molecule has 112 valence electrons. The van der Waals surface area contributed by atoms with Crippen LogP contribution in [-0.2, 0) is 0 Å². The summed E-state index contributed by atoms with van der Waals surface area (Å²) in [7, 11) is 2.23. The van der Waals surface area contributed by atoms with Crippen molar-refractivity contribution in [3.63, 3.8) is 0 Å². The van der Waals surface area contributed by atoms with Crippen molar-refractivity contribution in [2.75, 3.05) is 39.8 Å². The van der Waals surface area contributed by atoms with Crippen molar-refractivity contribution < 1.29 is 0 Å². The predicted molar refractivity (Wildman–Crippen MR) is 86.0 cm³/mol. The number of benzene rings is 1. The summed E-state index contributed by atoms with van der Waals surface area (Å²) in [5.74, 6) is 0. The maximum atomic E-state index is 3.60. The Balaban J connectivity index is 2.06. The zero-order valence-corrected chi connectivity index (χ0v) is 13.2. The van der Waals surface area contributed by atoms with Crippen LogP contribution in [-0.4, -0.2) is 55.6 Å². The summed E-state index contributed by atoms with van der Waals surface area (Å²) in [6.07, 6.45) is 1.20. The molecule has 20 heavy (non-hydrogen) atoms. The predicted octanol–water partition coefficient (Wildman–Crippen LogP) is 2.36. The summed E-state index contributed by atoms with van der Waals surface area (Å²) in [6, 6.07) is 12.1. The second-order valence-corrected chi connectivity index (χ2v) is 5.96. The highest BCUT2D eigenvalue weighted by Gasteiger charge is 2.27. The van der Waals surface area contributed by atoms with Gasteiger partial charge < -0.3 is 10.2 Å². The molecule has 3 heteroatoms. The van der Waals surface area contributed by atoms with Gasteiger partial charge in [0.25, 0.3) is 0 Å². The zero-order valence-electron chi connectivity index (χ0n) is 13.2. The number of rotatable bonds is 6. The summed E-state index contributed by atoms with van der Waals surface area (Å²) in [5.41, 5.74) is 1.44. The Hall–Kier alpha value is -0.900. The third-order valence-electron chi connectivity index (χ3n) is 4.38. The molecule has 2 unspecified atom stereocenters. The lowest BCUT2D eigenvalue weighted by molar-refractivity contribution is 0.0711. The fraction of sp³-hybridized carbons (Fsp3) is 0.647.